The van der Waals surface area contributed by atoms with Gasteiger partial charge < -0.3 is 14.6 Å². The van der Waals surface area contributed by atoms with Crippen molar-refractivity contribution in [2.45, 2.75) is 39.3 Å². The number of fused-ring (bicyclic) bond motifs is 1. The Labute approximate surface area is 157 Å². The first-order valence-electron chi connectivity index (χ1n) is 9.66. The Bertz CT molecular complexity index is 623. The number of hydrogen-bond donors (Lipinski definition) is 1. The molecule has 1 aromatic rings. The summed E-state index contributed by atoms with van der Waals surface area (Å²) in [5.74, 6) is 2.40. The first kappa shape index (κ1) is 19.4. The van der Waals surface area contributed by atoms with Crippen LogP contribution < -0.4 is 4.74 Å². The van der Waals surface area contributed by atoms with Gasteiger partial charge in [-0.3, -0.25) is 4.90 Å². The van der Waals surface area contributed by atoms with E-state index in [1.165, 1.54) is 24.0 Å². The lowest BCUT2D eigenvalue weighted by Gasteiger charge is -2.56. The second kappa shape index (κ2) is 8.12. The summed E-state index contributed by atoms with van der Waals surface area (Å²) < 4.78 is 11.0. The van der Waals surface area contributed by atoms with Gasteiger partial charge in [-0.2, -0.15) is 0 Å². The number of nitrogens with zero attached hydrogens (tertiary/aromatic N) is 1. The van der Waals surface area contributed by atoms with E-state index in [9.17, 15) is 5.11 Å². The Morgan fingerprint density at radius 1 is 1.27 bits per heavy atom. The summed E-state index contributed by atoms with van der Waals surface area (Å²) in [5.41, 5.74) is 3.08. The number of methoxy groups -OCH3 is 1. The zero-order chi connectivity index (χ0) is 18.7. The van der Waals surface area contributed by atoms with E-state index in [1.54, 1.807) is 7.11 Å². The highest BCUT2D eigenvalue weighted by molar-refractivity contribution is 5.27. The fourth-order valence-corrected chi connectivity index (χ4v) is 4.47. The monoisotopic (exact) mass is 359 g/mol. The molecule has 0 saturated heterocycles. The molecule has 26 heavy (non-hydrogen) atoms. The van der Waals surface area contributed by atoms with Crippen LogP contribution in [-0.4, -0.2) is 50.0 Å². The minimum absolute atomic E-state index is 0.390. The van der Waals surface area contributed by atoms with Gasteiger partial charge in [0.05, 0.1) is 26.4 Å². The van der Waals surface area contributed by atoms with Crippen molar-refractivity contribution >= 4 is 0 Å². The molecule has 1 aromatic carbocycles. The number of allylic oxidation sites excluding steroid dienone is 1. The largest absolute Gasteiger partial charge is 0.497 e. The van der Waals surface area contributed by atoms with Gasteiger partial charge in [0.1, 0.15) is 5.75 Å². The second-order valence-corrected chi connectivity index (χ2v) is 8.54. The van der Waals surface area contributed by atoms with Crippen molar-refractivity contribution in [3.63, 3.8) is 0 Å². The number of benzene rings is 1. The van der Waals surface area contributed by atoms with Crippen LogP contribution in [0.2, 0.25) is 0 Å². The predicted molar refractivity (Wildman–Crippen MR) is 104 cm³/mol. The Hall–Kier alpha value is -1.36. The highest BCUT2D eigenvalue weighted by Gasteiger charge is 2.50. The fraction of sp³-hybridized carbons (Fsp3) is 0.636. The summed E-state index contributed by atoms with van der Waals surface area (Å²) in [4.78, 5) is 2.12. The maximum atomic E-state index is 10.3. The van der Waals surface area contributed by atoms with Gasteiger partial charge >= 0.3 is 0 Å². The van der Waals surface area contributed by atoms with Crippen molar-refractivity contribution in [2.24, 2.45) is 17.3 Å². The third-order valence-corrected chi connectivity index (χ3v) is 6.30. The molecule has 3 atom stereocenters. The van der Waals surface area contributed by atoms with E-state index in [1.807, 2.05) is 19.2 Å². The fourth-order valence-electron chi connectivity index (χ4n) is 4.47. The molecule has 1 N–H and O–H groups in total. The van der Waals surface area contributed by atoms with Gasteiger partial charge in [0.15, 0.2) is 0 Å². The van der Waals surface area contributed by atoms with E-state index >= 15 is 0 Å². The average molecular weight is 360 g/mol. The van der Waals surface area contributed by atoms with E-state index in [4.69, 9.17) is 9.47 Å². The van der Waals surface area contributed by atoms with E-state index in [0.717, 1.165) is 18.2 Å². The Balaban J connectivity index is 1.37. The second-order valence-electron chi connectivity index (χ2n) is 8.54. The van der Waals surface area contributed by atoms with Crippen molar-refractivity contribution < 1.29 is 14.6 Å². The summed E-state index contributed by atoms with van der Waals surface area (Å²) in [5, 5.41) is 10.3. The standard InChI is InChI=1S/C22H33NO3/c1-22(2)18-8-7-17(21(22)11-18)14-26-15-19(24)13-23(3)12-16-5-9-20(25-4)10-6-16/h5-7,9-10,18-19,21,24H,8,11-15H2,1-4H3/t18-,19-,21+/m1/s1. The lowest BCUT2D eigenvalue weighted by atomic mass is 9.49. The Morgan fingerprint density at radius 3 is 2.62 bits per heavy atom. The first-order chi connectivity index (χ1) is 12.4. The van der Waals surface area contributed by atoms with Crippen LogP contribution >= 0.6 is 0 Å². The van der Waals surface area contributed by atoms with Gasteiger partial charge in [0.25, 0.3) is 0 Å². The zero-order valence-electron chi connectivity index (χ0n) is 16.6. The van der Waals surface area contributed by atoms with E-state index in [2.05, 4.69) is 37.0 Å². The highest BCUT2D eigenvalue weighted by Crippen LogP contribution is 2.59. The molecule has 3 aliphatic carbocycles. The van der Waals surface area contributed by atoms with E-state index < -0.39 is 6.10 Å². The molecule has 0 spiro atoms. The molecule has 144 valence electrons. The molecule has 0 radical (unpaired) electrons. The maximum absolute atomic E-state index is 10.3. The molecule has 3 aliphatic rings. The summed E-state index contributed by atoms with van der Waals surface area (Å²) in [6, 6.07) is 8.04. The van der Waals surface area contributed by atoms with Crippen LogP contribution in [0.1, 0.15) is 32.3 Å². The molecular formula is C22H33NO3. The van der Waals surface area contributed by atoms with Gasteiger partial charge in [-0.1, -0.05) is 32.1 Å². The van der Waals surface area contributed by atoms with Crippen LogP contribution in [0.3, 0.4) is 0 Å². The van der Waals surface area contributed by atoms with Crippen molar-refractivity contribution in [3.8, 4) is 5.75 Å². The number of hydrogen-bond acceptors (Lipinski definition) is 4. The summed E-state index contributed by atoms with van der Waals surface area (Å²) in [7, 11) is 3.69. The highest BCUT2D eigenvalue weighted by atomic mass is 16.5. The van der Waals surface area contributed by atoms with Crippen LogP contribution in [0, 0.1) is 17.3 Å². The number of aliphatic hydroxyl groups excluding tert-OH is 1. The molecule has 4 heteroatoms. The molecule has 1 saturated carbocycles. The predicted octanol–water partition coefficient (Wildman–Crippen LogP) is 3.50. The summed E-state index contributed by atoms with van der Waals surface area (Å²) >= 11 is 0. The van der Waals surface area contributed by atoms with Gasteiger partial charge in [-0.25, -0.2) is 0 Å². The number of aliphatic hydroxyl groups is 1. The van der Waals surface area contributed by atoms with Crippen LogP contribution in [-0.2, 0) is 11.3 Å². The summed E-state index contributed by atoms with van der Waals surface area (Å²) in [6.45, 7) is 7.20. The minimum atomic E-state index is -0.468. The normalized spacial score (nSPS) is 24.8. The van der Waals surface area contributed by atoms with E-state index in [0.29, 0.717) is 31.1 Å². The quantitative estimate of drug-likeness (QED) is 0.685. The number of ether oxygens (including phenoxy) is 2. The third kappa shape index (κ3) is 4.30. The molecule has 4 nitrogen and oxygen atoms in total. The first-order valence-corrected chi connectivity index (χ1v) is 9.66. The van der Waals surface area contributed by atoms with Crippen LogP contribution in [0.15, 0.2) is 35.9 Å². The third-order valence-electron chi connectivity index (χ3n) is 6.30. The van der Waals surface area contributed by atoms with Gasteiger partial charge in [0, 0.05) is 13.1 Å². The van der Waals surface area contributed by atoms with Crippen LogP contribution in [0.5, 0.6) is 5.75 Å². The van der Waals surface area contributed by atoms with Crippen molar-refractivity contribution in [1.82, 2.24) is 4.90 Å². The van der Waals surface area contributed by atoms with Crippen molar-refractivity contribution in [2.75, 3.05) is 33.9 Å². The molecule has 2 bridgehead atoms. The van der Waals surface area contributed by atoms with Crippen LogP contribution in [0.25, 0.3) is 0 Å². The minimum Gasteiger partial charge on any atom is -0.497 e. The molecule has 0 aliphatic heterocycles. The lowest BCUT2D eigenvalue weighted by molar-refractivity contribution is -0.0257. The molecule has 1 fully saturated rings. The average Bonchev–Trinajstić information content (AvgIpc) is 2.62. The van der Waals surface area contributed by atoms with Gasteiger partial charge in [-0.05, 0) is 60.4 Å². The Kier molecular flexibility index (Phi) is 6.06. The van der Waals surface area contributed by atoms with Crippen molar-refractivity contribution in [1.29, 1.82) is 0 Å². The molecule has 4 rings (SSSR count). The molecule has 0 unspecified atom stereocenters. The molecule has 0 aromatic heterocycles. The molecule has 0 amide bonds. The van der Waals surface area contributed by atoms with E-state index in [-0.39, 0.29) is 0 Å². The SMILES string of the molecule is COc1ccc(CN(C)C[C@@H](O)COCC2=CC[C@@H]3C[C@@H]2C3(C)C)cc1. The smallest absolute Gasteiger partial charge is 0.118 e. The van der Waals surface area contributed by atoms with Gasteiger partial charge in [0.2, 0.25) is 0 Å². The van der Waals surface area contributed by atoms with Crippen LogP contribution in [0.4, 0.5) is 0 Å². The molecular weight excluding hydrogens is 326 g/mol. The zero-order valence-corrected chi connectivity index (χ0v) is 16.6. The summed E-state index contributed by atoms with van der Waals surface area (Å²) in [6.07, 6.45) is 4.40. The lowest BCUT2D eigenvalue weighted by Crippen LogP contribution is -2.48. The maximum Gasteiger partial charge on any atom is 0.118 e. The number of rotatable bonds is 9. The van der Waals surface area contributed by atoms with Crippen molar-refractivity contribution in [3.05, 3.63) is 41.5 Å². The molecule has 0 heterocycles. The number of likely N-dealkylation sites (N-methyl/N-ethyl adjacent to an activating group) is 1. The topological polar surface area (TPSA) is 41.9 Å². The Morgan fingerprint density at radius 2 is 2.00 bits per heavy atom. The van der Waals surface area contributed by atoms with Gasteiger partial charge in [-0.15, -0.1) is 0 Å².